The van der Waals surface area contributed by atoms with Gasteiger partial charge in [0.1, 0.15) is 0 Å². The van der Waals surface area contributed by atoms with E-state index in [1.165, 1.54) is 33.4 Å². The van der Waals surface area contributed by atoms with Crippen LogP contribution in [-0.4, -0.2) is 0 Å². The third-order valence-corrected chi connectivity index (χ3v) is 5.68. The largest absolute Gasteiger partial charge is 0.0683 e. The molecule has 0 bridgehead atoms. The van der Waals surface area contributed by atoms with Crippen molar-refractivity contribution in [1.82, 2.24) is 0 Å². The van der Waals surface area contributed by atoms with Gasteiger partial charge in [-0.05, 0) is 39.8 Å². The summed E-state index contributed by atoms with van der Waals surface area (Å²) < 4.78 is 0. The van der Waals surface area contributed by atoms with Crippen molar-refractivity contribution in [2.24, 2.45) is 0 Å². The van der Waals surface area contributed by atoms with Gasteiger partial charge in [0.15, 0.2) is 0 Å². The Hall–Kier alpha value is -3.12. The third-order valence-electron chi connectivity index (χ3n) is 5.68. The predicted octanol–water partition coefficient (Wildman–Crippen LogP) is 12.4. The van der Waals surface area contributed by atoms with Gasteiger partial charge in [0.2, 0.25) is 0 Å². The molecule has 0 aromatic heterocycles. The SMILES string of the molecule is CC.CC.CC.CC.CC.CC.c1ccc(C2(c3ccccc3)Cc3ccccc3-c3ccccc32)cc1. The lowest BCUT2D eigenvalue weighted by atomic mass is 9.61. The van der Waals surface area contributed by atoms with Crippen molar-refractivity contribution >= 4 is 0 Å². The maximum absolute atomic E-state index is 2.31. The first kappa shape index (κ1) is 37.0. The second kappa shape index (κ2) is 23.0. The van der Waals surface area contributed by atoms with Crippen molar-refractivity contribution in [1.29, 1.82) is 0 Å². The van der Waals surface area contributed by atoms with Gasteiger partial charge in [-0.1, -0.05) is 192 Å². The van der Waals surface area contributed by atoms with Crippen LogP contribution in [0.25, 0.3) is 11.1 Å². The molecule has 4 aromatic rings. The molecule has 1 aliphatic carbocycles. The molecule has 0 heterocycles. The molecule has 0 aliphatic heterocycles. The Morgan fingerprint density at radius 1 is 0.368 bits per heavy atom. The van der Waals surface area contributed by atoms with Crippen LogP contribution >= 0.6 is 0 Å². The Labute approximate surface area is 237 Å². The molecule has 4 aromatic carbocycles. The first-order valence-electron chi connectivity index (χ1n) is 15.2. The average molecular weight is 513 g/mol. The minimum absolute atomic E-state index is 0.159. The quantitative estimate of drug-likeness (QED) is 0.250. The van der Waals surface area contributed by atoms with Crippen LogP contribution in [0, 0.1) is 0 Å². The summed E-state index contributed by atoms with van der Waals surface area (Å²) in [4.78, 5) is 0. The normalized spacial score (nSPS) is 10.7. The van der Waals surface area contributed by atoms with Crippen LogP contribution in [-0.2, 0) is 11.8 Å². The van der Waals surface area contributed by atoms with Gasteiger partial charge < -0.3 is 0 Å². The summed E-state index contributed by atoms with van der Waals surface area (Å²) >= 11 is 0. The van der Waals surface area contributed by atoms with Gasteiger partial charge in [-0.3, -0.25) is 0 Å². The fourth-order valence-corrected chi connectivity index (χ4v) is 4.54. The zero-order valence-corrected chi connectivity index (χ0v) is 26.6. The molecule has 0 spiro atoms. The molecule has 0 radical (unpaired) electrons. The molecule has 0 heteroatoms. The van der Waals surface area contributed by atoms with Crippen LogP contribution in [0.2, 0.25) is 0 Å². The lowest BCUT2D eigenvalue weighted by molar-refractivity contribution is 0.606. The Bertz CT molecular complexity index is 1010. The van der Waals surface area contributed by atoms with Crippen LogP contribution in [0.1, 0.15) is 105 Å². The highest BCUT2D eigenvalue weighted by Crippen LogP contribution is 2.50. The summed E-state index contributed by atoms with van der Waals surface area (Å²) in [6.07, 6.45) is 0.980. The molecule has 0 atom stereocenters. The number of fused-ring (bicyclic) bond motifs is 3. The molecule has 0 unspecified atom stereocenters. The summed E-state index contributed by atoms with van der Waals surface area (Å²) in [5.74, 6) is 0. The Kier molecular flexibility index (Phi) is 22.4. The van der Waals surface area contributed by atoms with E-state index in [0.717, 1.165) is 6.42 Å². The van der Waals surface area contributed by atoms with Gasteiger partial charge in [0.05, 0.1) is 0 Å². The zero-order chi connectivity index (χ0) is 29.4. The van der Waals surface area contributed by atoms with Gasteiger partial charge >= 0.3 is 0 Å². The van der Waals surface area contributed by atoms with E-state index in [2.05, 4.69) is 109 Å². The minimum Gasteiger partial charge on any atom is -0.0683 e. The molecule has 208 valence electrons. The number of hydrogen-bond donors (Lipinski definition) is 0. The number of rotatable bonds is 2. The van der Waals surface area contributed by atoms with Crippen molar-refractivity contribution in [3.63, 3.8) is 0 Å². The number of hydrogen-bond acceptors (Lipinski definition) is 0. The Morgan fingerprint density at radius 3 is 1.16 bits per heavy atom. The molecule has 38 heavy (non-hydrogen) atoms. The average Bonchev–Trinajstić information content (AvgIpc) is 3.07. The van der Waals surface area contributed by atoms with E-state index in [9.17, 15) is 0 Å². The zero-order valence-electron chi connectivity index (χ0n) is 26.6. The first-order valence-corrected chi connectivity index (χ1v) is 15.2. The molecular formula is C38H56. The topological polar surface area (TPSA) is 0 Å². The van der Waals surface area contributed by atoms with E-state index in [-0.39, 0.29) is 5.41 Å². The van der Waals surface area contributed by atoms with Crippen molar-refractivity contribution in [3.05, 3.63) is 131 Å². The molecule has 5 rings (SSSR count). The van der Waals surface area contributed by atoms with E-state index in [0.29, 0.717) is 0 Å². The Balaban J connectivity index is 0. The summed E-state index contributed by atoms with van der Waals surface area (Å²) in [6.45, 7) is 24.0. The first-order chi connectivity index (χ1) is 18.9. The van der Waals surface area contributed by atoms with Gasteiger partial charge in [-0.2, -0.15) is 0 Å². The third kappa shape index (κ3) is 8.73. The minimum atomic E-state index is -0.159. The monoisotopic (exact) mass is 512 g/mol. The van der Waals surface area contributed by atoms with Crippen LogP contribution in [0.5, 0.6) is 0 Å². The maximum atomic E-state index is 2.31. The van der Waals surface area contributed by atoms with E-state index in [4.69, 9.17) is 0 Å². The van der Waals surface area contributed by atoms with E-state index in [1.807, 2.05) is 83.1 Å². The molecule has 0 amide bonds. The molecule has 0 fully saturated rings. The lowest BCUT2D eigenvalue weighted by Crippen LogP contribution is -2.35. The second-order valence-electron chi connectivity index (χ2n) is 7.02. The van der Waals surface area contributed by atoms with Crippen LogP contribution in [0.3, 0.4) is 0 Å². The van der Waals surface area contributed by atoms with Gasteiger partial charge in [-0.25, -0.2) is 0 Å². The highest BCUT2D eigenvalue weighted by Gasteiger charge is 2.41. The Morgan fingerprint density at radius 2 is 0.711 bits per heavy atom. The smallest absolute Gasteiger partial charge is 0.0497 e. The van der Waals surface area contributed by atoms with Crippen molar-refractivity contribution in [2.45, 2.75) is 94.9 Å². The molecule has 0 nitrogen and oxygen atoms in total. The predicted molar refractivity (Wildman–Crippen MR) is 176 cm³/mol. The molecule has 0 N–H and O–H groups in total. The fraction of sp³-hybridized carbons (Fsp3) is 0.368. The summed E-state index contributed by atoms with van der Waals surface area (Å²) in [5.41, 5.74) is 8.08. The van der Waals surface area contributed by atoms with Gasteiger partial charge in [-0.15, -0.1) is 0 Å². The lowest BCUT2D eigenvalue weighted by Gasteiger charge is -2.41. The fourth-order valence-electron chi connectivity index (χ4n) is 4.54. The second-order valence-corrected chi connectivity index (χ2v) is 7.02. The van der Waals surface area contributed by atoms with Crippen LogP contribution in [0.15, 0.2) is 109 Å². The molecular weight excluding hydrogens is 456 g/mol. The van der Waals surface area contributed by atoms with Crippen molar-refractivity contribution in [2.75, 3.05) is 0 Å². The van der Waals surface area contributed by atoms with E-state index >= 15 is 0 Å². The maximum Gasteiger partial charge on any atom is 0.0497 e. The van der Waals surface area contributed by atoms with E-state index < -0.39 is 0 Å². The summed E-state index contributed by atoms with van der Waals surface area (Å²) in [5, 5.41) is 0. The highest BCUT2D eigenvalue weighted by atomic mass is 14.4. The van der Waals surface area contributed by atoms with Crippen LogP contribution < -0.4 is 0 Å². The molecule has 0 saturated carbocycles. The van der Waals surface area contributed by atoms with Crippen molar-refractivity contribution < 1.29 is 0 Å². The molecule has 1 aliphatic rings. The number of benzene rings is 4. The summed E-state index contributed by atoms with van der Waals surface area (Å²) in [7, 11) is 0. The molecule has 0 saturated heterocycles. The van der Waals surface area contributed by atoms with Crippen molar-refractivity contribution in [3.8, 4) is 11.1 Å². The van der Waals surface area contributed by atoms with Gasteiger partial charge in [0.25, 0.3) is 0 Å². The highest BCUT2D eigenvalue weighted by molar-refractivity contribution is 5.78. The van der Waals surface area contributed by atoms with E-state index in [1.54, 1.807) is 0 Å². The van der Waals surface area contributed by atoms with Crippen LogP contribution in [0.4, 0.5) is 0 Å². The summed E-state index contributed by atoms with van der Waals surface area (Å²) in [6, 6.07) is 39.7. The standard InChI is InChI=1S/C26H20.6C2H6/c1-3-12-21(13-4-1)26(22-14-5-2-6-15-22)19-20-11-7-8-16-23(20)24-17-9-10-18-25(24)26;6*1-2/h1-18H,19H2;6*1-2H3. The van der Waals surface area contributed by atoms with Gasteiger partial charge in [0, 0.05) is 5.41 Å².